The normalized spacial score (nSPS) is 27.2. The first-order chi connectivity index (χ1) is 25.3. The number of pyridine rings is 1. The van der Waals surface area contributed by atoms with Gasteiger partial charge in [-0.1, -0.05) is 31.5 Å². The molecule has 274 valence electrons. The predicted molar refractivity (Wildman–Crippen MR) is 204 cm³/mol. The Morgan fingerprint density at radius 1 is 1.02 bits per heavy atom. The molecule has 0 radical (unpaired) electrons. The minimum Gasteiger partial charge on any atom is -0.491 e. The maximum atomic E-state index is 13.0. The van der Waals surface area contributed by atoms with Gasteiger partial charge in [0.25, 0.3) is 5.91 Å². The molecule has 52 heavy (non-hydrogen) atoms. The van der Waals surface area contributed by atoms with Crippen molar-refractivity contribution in [2.45, 2.75) is 96.1 Å². The van der Waals surface area contributed by atoms with E-state index in [4.69, 9.17) is 24.9 Å². The lowest BCUT2D eigenvalue weighted by atomic mass is 9.52. The maximum absolute atomic E-state index is 13.0. The van der Waals surface area contributed by atoms with Crippen LogP contribution in [0.15, 0.2) is 60.8 Å². The van der Waals surface area contributed by atoms with E-state index in [1.807, 2.05) is 18.3 Å². The van der Waals surface area contributed by atoms with Gasteiger partial charge in [-0.05, 0) is 107 Å². The summed E-state index contributed by atoms with van der Waals surface area (Å²) in [6.45, 7) is 11.0. The fraction of sp³-hybridized carbons (Fsp3) is 0.524. The lowest BCUT2D eigenvalue weighted by molar-refractivity contribution is -0.104. The molecule has 9 rings (SSSR count). The number of amides is 1. The average Bonchev–Trinajstić information content (AvgIpc) is 3.62. The highest BCUT2D eigenvalue weighted by Crippen LogP contribution is 2.58. The summed E-state index contributed by atoms with van der Waals surface area (Å²) in [7, 11) is 0. The molecule has 6 heterocycles. The molecule has 4 aromatic rings. The van der Waals surface area contributed by atoms with Crippen molar-refractivity contribution in [3.05, 3.63) is 71.9 Å². The molecule has 2 aromatic heterocycles. The van der Waals surface area contributed by atoms with E-state index in [2.05, 4.69) is 82.9 Å². The number of aromatic amines is 1. The van der Waals surface area contributed by atoms with Gasteiger partial charge in [-0.2, -0.15) is 4.98 Å². The minimum absolute atomic E-state index is 0.00677. The van der Waals surface area contributed by atoms with Gasteiger partial charge in [-0.3, -0.25) is 9.69 Å². The van der Waals surface area contributed by atoms with Crippen LogP contribution in [0.4, 0.5) is 17.1 Å². The molecule has 1 spiro atoms. The topological polar surface area (TPSA) is 109 Å². The first-order valence-electron chi connectivity index (χ1n) is 19.5. The quantitative estimate of drug-likeness (QED) is 0.206. The van der Waals surface area contributed by atoms with Crippen molar-refractivity contribution >= 4 is 34.0 Å². The Labute approximate surface area is 306 Å². The number of primary amides is 1. The highest BCUT2D eigenvalue weighted by atomic mass is 16.5. The Kier molecular flexibility index (Phi) is 8.57. The van der Waals surface area contributed by atoms with Crippen LogP contribution in [0.2, 0.25) is 0 Å². The smallest absolute Gasteiger partial charge is 0.250 e. The van der Waals surface area contributed by atoms with Gasteiger partial charge >= 0.3 is 0 Å². The highest BCUT2D eigenvalue weighted by molar-refractivity contribution is 6.01. The van der Waals surface area contributed by atoms with E-state index in [0.717, 1.165) is 59.9 Å². The zero-order valence-electron chi connectivity index (χ0n) is 30.7. The van der Waals surface area contributed by atoms with Crippen LogP contribution in [-0.2, 0) is 4.74 Å². The number of nitrogens with zero attached hydrogens (tertiary/aromatic N) is 4. The molecule has 1 saturated carbocycles. The van der Waals surface area contributed by atoms with Crippen molar-refractivity contribution < 1.29 is 19.0 Å². The third-order valence-corrected chi connectivity index (χ3v) is 13.0. The van der Waals surface area contributed by atoms with Crippen LogP contribution in [-0.4, -0.2) is 77.9 Å². The van der Waals surface area contributed by atoms with Crippen LogP contribution in [0.25, 0.3) is 11.0 Å². The molecule has 3 N–H and O–H groups in total. The summed E-state index contributed by atoms with van der Waals surface area (Å²) in [5.41, 5.74) is 11.9. The Hall–Kier alpha value is -4.28. The number of carbonyl (C=O) groups is 1. The average molecular weight is 705 g/mol. The number of nitrogens with two attached hydrogens (primary N) is 1. The number of piperidine rings is 2. The zero-order valence-corrected chi connectivity index (χ0v) is 30.7. The van der Waals surface area contributed by atoms with E-state index in [9.17, 15) is 4.79 Å². The maximum Gasteiger partial charge on any atom is 0.250 e. The summed E-state index contributed by atoms with van der Waals surface area (Å²) in [6, 6.07) is 20.1. The summed E-state index contributed by atoms with van der Waals surface area (Å²) in [4.78, 5) is 28.7. The van der Waals surface area contributed by atoms with Gasteiger partial charge in [0.15, 0.2) is 0 Å². The molecule has 0 bridgehead atoms. The number of aromatic nitrogens is 2. The number of benzene rings is 2. The molecular weight excluding hydrogens is 652 g/mol. The van der Waals surface area contributed by atoms with E-state index in [1.165, 1.54) is 44.1 Å². The Bertz CT molecular complexity index is 1950. The molecule has 10 heteroatoms. The SMILES string of the molecule is CC(C)Oc1ccccc1[C@@H]1CCCCN1C1CC2(CCN(c3ccc(C(N)=O)c(N4c5cc6cc[nH]c6nc5O[C@H]5COCC[C@@H]54)c3)CC2)C1C. The second kappa shape index (κ2) is 13.3. The third-order valence-electron chi connectivity index (χ3n) is 13.0. The molecule has 4 fully saturated rings. The van der Waals surface area contributed by atoms with E-state index in [-0.39, 0.29) is 18.2 Å². The molecule has 3 saturated heterocycles. The molecule has 5 aliphatic rings. The number of likely N-dealkylation sites (tertiary alicyclic amines) is 1. The fourth-order valence-corrected chi connectivity index (χ4v) is 10.2. The summed E-state index contributed by atoms with van der Waals surface area (Å²) >= 11 is 0. The van der Waals surface area contributed by atoms with Crippen LogP contribution >= 0.6 is 0 Å². The van der Waals surface area contributed by atoms with Gasteiger partial charge < -0.3 is 34.7 Å². The lowest BCUT2D eigenvalue weighted by Crippen LogP contribution is -2.62. The predicted octanol–water partition coefficient (Wildman–Crippen LogP) is 7.36. The van der Waals surface area contributed by atoms with Crippen molar-refractivity contribution in [3.8, 4) is 11.6 Å². The van der Waals surface area contributed by atoms with Gasteiger partial charge in [0.05, 0.1) is 30.0 Å². The number of ether oxygens (including phenoxy) is 3. The van der Waals surface area contributed by atoms with Crippen LogP contribution in [0.5, 0.6) is 11.6 Å². The van der Waals surface area contributed by atoms with Crippen molar-refractivity contribution in [2.75, 3.05) is 42.6 Å². The Balaban J connectivity index is 0.959. The molecule has 2 aromatic carbocycles. The number of nitrogens with one attached hydrogen (secondary N) is 1. The number of hydrogen-bond donors (Lipinski definition) is 2. The summed E-state index contributed by atoms with van der Waals surface area (Å²) < 4.78 is 18.6. The lowest BCUT2D eigenvalue weighted by Gasteiger charge is -2.62. The molecule has 1 amide bonds. The van der Waals surface area contributed by atoms with Crippen LogP contribution < -0.4 is 25.0 Å². The second-order valence-corrected chi connectivity index (χ2v) is 16.1. The number of hydrogen-bond acceptors (Lipinski definition) is 8. The summed E-state index contributed by atoms with van der Waals surface area (Å²) in [5.74, 6) is 1.79. The first-order valence-corrected chi connectivity index (χ1v) is 19.5. The van der Waals surface area contributed by atoms with Gasteiger partial charge in [0.1, 0.15) is 23.2 Å². The largest absolute Gasteiger partial charge is 0.491 e. The van der Waals surface area contributed by atoms with Crippen molar-refractivity contribution in [2.24, 2.45) is 17.1 Å². The van der Waals surface area contributed by atoms with Gasteiger partial charge in [-0.15, -0.1) is 0 Å². The van der Waals surface area contributed by atoms with Gasteiger partial charge in [-0.25, -0.2) is 0 Å². The van der Waals surface area contributed by atoms with Crippen LogP contribution in [0, 0.1) is 11.3 Å². The number of carbonyl (C=O) groups excluding carboxylic acids is 1. The second-order valence-electron chi connectivity index (χ2n) is 16.1. The standard InChI is InChI=1S/C42H52N6O4/c1-26(2)51-37-10-5-4-8-30(37)32-9-6-7-18-47(32)36-24-42(27(36)3)15-19-46(20-16-42)29-11-12-31(39(43)49)34(23-29)48-33-14-21-50-25-38(33)52-41-35(48)22-28-13-17-44-40(28)45-41/h4-5,8,10-13,17,22-23,26-27,32-33,36,38H,6-7,9,14-16,18-21,24-25H2,1-3H3,(H2,43,49)(H,44,45)/t27?,32-,33-,36?,38-/m0/s1. The first kappa shape index (κ1) is 33.5. The summed E-state index contributed by atoms with van der Waals surface area (Å²) in [6.07, 6.45) is 9.95. The number of anilines is 3. The van der Waals surface area contributed by atoms with Crippen LogP contribution in [0.3, 0.4) is 0 Å². The van der Waals surface area contributed by atoms with Crippen molar-refractivity contribution in [3.63, 3.8) is 0 Å². The number of rotatable bonds is 7. The van der Waals surface area contributed by atoms with Gasteiger partial charge in [0.2, 0.25) is 5.88 Å². The molecule has 10 nitrogen and oxygen atoms in total. The third kappa shape index (κ3) is 5.69. The van der Waals surface area contributed by atoms with Crippen LogP contribution in [0.1, 0.15) is 87.7 Å². The number of fused-ring (bicyclic) bond motifs is 3. The van der Waals surface area contributed by atoms with E-state index in [0.29, 0.717) is 48.1 Å². The number of H-pyrrole nitrogens is 1. The Morgan fingerprint density at radius 2 is 1.87 bits per heavy atom. The van der Waals surface area contributed by atoms with Crippen molar-refractivity contribution in [1.82, 2.24) is 14.9 Å². The van der Waals surface area contributed by atoms with E-state index in [1.54, 1.807) is 0 Å². The Morgan fingerprint density at radius 3 is 2.67 bits per heavy atom. The molecule has 4 aliphatic heterocycles. The molecule has 1 aliphatic carbocycles. The molecule has 2 unspecified atom stereocenters. The number of para-hydroxylation sites is 1. The van der Waals surface area contributed by atoms with E-state index >= 15 is 0 Å². The van der Waals surface area contributed by atoms with Crippen molar-refractivity contribution in [1.29, 1.82) is 0 Å². The fourth-order valence-electron chi connectivity index (χ4n) is 10.2. The minimum atomic E-state index is -0.435. The highest BCUT2D eigenvalue weighted by Gasteiger charge is 2.55. The van der Waals surface area contributed by atoms with E-state index < -0.39 is 5.91 Å². The summed E-state index contributed by atoms with van der Waals surface area (Å²) in [5, 5.41) is 0.993. The monoisotopic (exact) mass is 704 g/mol. The molecular formula is C42H52N6O4. The van der Waals surface area contributed by atoms with Gasteiger partial charge in [0, 0.05) is 54.6 Å². The molecule has 5 atom stereocenters. The zero-order chi connectivity index (χ0) is 35.6.